The van der Waals surface area contributed by atoms with Gasteiger partial charge in [-0.05, 0) is 79.9 Å². The van der Waals surface area contributed by atoms with Gasteiger partial charge in [0.1, 0.15) is 0 Å². The van der Waals surface area contributed by atoms with E-state index >= 15 is 0 Å². The number of benzene rings is 1. The smallest absolute Gasteiger partial charge is 0.392 e. The number of anilines is 1. The Morgan fingerprint density at radius 3 is 2.37 bits per heavy atom. The SMILES string of the molecule is C[C@]12CC[C@H]3[C@@H](CC[C@H]4NC(=O)CC(O)[C@@]43C)[C@@H]1CC[C@@H]2C(=O)Nc1cc(C(F)(F)F)ccc1C(F)(F)F. The maximum absolute atomic E-state index is 13.6. The predicted octanol–water partition coefficient (Wildman–Crippen LogP) is 5.77. The summed E-state index contributed by atoms with van der Waals surface area (Å²) < 4.78 is 80.5. The molecule has 0 spiro atoms. The number of rotatable bonds is 2. The minimum absolute atomic E-state index is 0.0434. The highest BCUT2D eigenvalue weighted by atomic mass is 19.4. The molecule has 2 amide bonds. The summed E-state index contributed by atoms with van der Waals surface area (Å²) in [6.45, 7) is 3.99. The van der Waals surface area contributed by atoms with Gasteiger partial charge in [0.05, 0.1) is 29.3 Å². The van der Waals surface area contributed by atoms with Crippen LogP contribution in [-0.2, 0) is 21.9 Å². The van der Waals surface area contributed by atoms with E-state index in [4.69, 9.17) is 0 Å². The van der Waals surface area contributed by atoms with Gasteiger partial charge in [0.2, 0.25) is 11.8 Å². The number of carbonyl (C=O) groups excluding carboxylic acids is 2. The Kier molecular flexibility index (Phi) is 6.36. The van der Waals surface area contributed by atoms with Crippen molar-refractivity contribution in [1.82, 2.24) is 5.32 Å². The molecule has 3 N–H and O–H groups in total. The average molecular weight is 547 g/mol. The lowest BCUT2D eigenvalue weighted by atomic mass is 9.46. The van der Waals surface area contributed by atoms with Crippen LogP contribution in [0.15, 0.2) is 18.2 Å². The molecule has 0 bridgehead atoms. The lowest BCUT2D eigenvalue weighted by molar-refractivity contribution is -0.163. The third-order valence-electron chi connectivity index (χ3n) is 10.4. The Labute approximate surface area is 216 Å². The van der Waals surface area contributed by atoms with E-state index in [2.05, 4.69) is 10.6 Å². The molecule has 1 unspecified atom stereocenters. The van der Waals surface area contributed by atoms with E-state index in [-0.39, 0.29) is 36.1 Å². The second-order valence-electron chi connectivity index (χ2n) is 12.1. The van der Waals surface area contributed by atoms with Crippen LogP contribution in [0.25, 0.3) is 0 Å². The fourth-order valence-electron chi connectivity index (χ4n) is 8.47. The molecule has 8 atom stereocenters. The topological polar surface area (TPSA) is 78.4 Å². The van der Waals surface area contributed by atoms with Crippen LogP contribution in [0.5, 0.6) is 0 Å². The average Bonchev–Trinajstić information content (AvgIpc) is 3.16. The number of hydrogen-bond donors (Lipinski definition) is 3. The second kappa shape index (κ2) is 8.86. The van der Waals surface area contributed by atoms with Crippen LogP contribution >= 0.6 is 0 Å². The van der Waals surface area contributed by atoms with E-state index in [1.54, 1.807) is 0 Å². The molecule has 1 aromatic rings. The summed E-state index contributed by atoms with van der Waals surface area (Å²) >= 11 is 0. The number of halogens is 6. The summed E-state index contributed by atoms with van der Waals surface area (Å²) in [6.07, 6.45) is -6.62. The van der Waals surface area contributed by atoms with Gasteiger partial charge in [-0.3, -0.25) is 9.59 Å². The Balaban J connectivity index is 1.40. The van der Waals surface area contributed by atoms with Gasteiger partial charge < -0.3 is 15.7 Å². The van der Waals surface area contributed by atoms with Crippen LogP contribution in [-0.4, -0.2) is 29.1 Å². The zero-order valence-corrected chi connectivity index (χ0v) is 21.2. The van der Waals surface area contributed by atoms with Crippen LogP contribution in [0, 0.1) is 34.5 Å². The third-order valence-corrected chi connectivity index (χ3v) is 10.4. The number of piperidine rings is 1. The molecule has 1 saturated heterocycles. The minimum Gasteiger partial charge on any atom is -0.392 e. The molecule has 3 aliphatic carbocycles. The summed E-state index contributed by atoms with van der Waals surface area (Å²) in [4.78, 5) is 25.5. The van der Waals surface area contributed by atoms with Gasteiger partial charge in [-0.2, -0.15) is 26.3 Å². The fourth-order valence-corrected chi connectivity index (χ4v) is 8.47. The van der Waals surface area contributed by atoms with Crippen molar-refractivity contribution < 1.29 is 41.0 Å². The zero-order chi connectivity index (χ0) is 27.8. The molecule has 38 heavy (non-hydrogen) atoms. The highest BCUT2D eigenvalue weighted by molar-refractivity contribution is 5.94. The highest BCUT2D eigenvalue weighted by Gasteiger charge is 2.63. The molecular weight excluding hydrogens is 514 g/mol. The fraction of sp³-hybridized carbons (Fsp3) is 0.704. The largest absolute Gasteiger partial charge is 0.418 e. The molecule has 1 aromatic carbocycles. The lowest BCUT2D eigenvalue weighted by Crippen LogP contribution is -2.66. The summed E-state index contributed by atoms with van der Waals surface area (Å²) in [5.41, 5.74) is -4.50. The molecule has 0 radical (unpaired) electrons. The predicted molar refractivity (Wildman–Crippen MR) is 126 cm³/mol. The van der Waals surface area contributed by atoms with Crippen LogP contribution in [0.2, 0.25) is 0 Å². The van der Waals surface area contributed by atoms with Crippen LogP contribution in [0.4, 0.5) is 32.0 Å². The first-order valence-electron chi connectivity index (χ1n) is 13.1. The monoisotopic (exact) mass is 546 g/mol. The maximum Gasteiger partial charge on any atom is 0.418 e. The number of amides is 2. The van der Waals surface area contributed by atoms with E-state index in [9.17, 15) is 41.0 Å². The first kappa shape index (κ1) is 27.3. The first-order valence-corrected chi connectivity index (χ1v) is 13.1. The third kappa shape index (κ3) is 4.19. The summed E-state index contributed by atoms with van der Waals surface area (Å²) in [7, 11) is 0. The van der Waals surface area contributed by atoms with E-state index in [0.717, 1.165) is 6.42 Å². The van der Waals surface area contributed by atoms with Crippen molar-refractivity contribution in [2.75, 3.05) is 5.32 Å². The molecule has 4 aliphatic rings. The second-order valence-corrected chi connectivity index (χ2v) is 12.1. The number of aliphatic hydroxyl groups is 1. The number of aliphatic hydroxyl groups excluding tert-OH is 1. The van der Waals surface area contributed by atoms with Crippen molar-refractivity contribution in [3.05, 3.63) is 29.3 Å². The number of carbonyl (C=O) groups is 2. The Bertz CT molecular complexity index is 1140. The van der Waals surface area contributed by atoms with Gasteiger partial charge in [0.15, 0.2) is 0 Å². The Morgan fingerprint density at radius 1 is 1.00 bits per heavy atom. The molecule has 1 heterocycles. The van der Waals surface area contributed by atoms with Gasteiger partial charge in [-0.25, -0.2) is 0 Å². The zero-order valence-electron chi connectivity index (χ0n) is 21.2. The number of hydrogen-bond acceptors (Lipinski definition) is 3. The molecule has 11 heteroatoms. The number of fused-ring (bicyclic) bond motifs is 5. The molecule has 210 valence electrons. The van der Waals surface area contributed by atoms with Crippen molar-refractivity contribution in [1.29, 1.82) is 0 Å². The van der Waals surface area contributed by atoms with E-state index in [1.165, 1.54) is 0 Å². The van der Waals surface area contributed by atoms with Gasteiger partial charge in [-0.1, -0.05) is 13.8 Å². The standard InChI is InChI=1S/C27H32F6N2O3/c1-24-10-9-16-14(4-8-20-25(16,2)21(36)12-22(37)35-20)15(24)6-7-18(24)23(38)34-19-11-13(26(28,29)30)3-5-17(19)27(31,32)33/h3,5,11,14-16,18,20-21,36H,4,6-10,12H2,1-2H3,(H,34,38)(H,35,37)/t14-,15-,16-,18+,20+,21?,24-,25+/m0/s1. The van der Waals surface area contributed by atoms with Crippen molar-refractivity contribution in [3.8, 4) is 0 Å². The van der Waals surface area contributed by atoms with E-state index < -0.39 is 57.9 Å². The lowest BCUT2D eigenvalue weighted by Gasteiger charge is -2.61. The van der Waals surface area contributed by atoms with Crippen molar-refractivity contribution in [2.24, 2.45) is 34.5 Å². The van der Waals surface area contributed by atoms with E-state index in [1.807, 2.05) is 13.8 Å². The van der Waals surface area contributed by atoms with Crippen LogP contribution in [0.3, 0.4) is 0 Å². The molecule has 5 rings (SSSR count). The van der Waals surface area contributed by atoms with Gasteiger partial charge >= 0.3 is 12.4 Å². The molecule has 3 saturated carbocycles. The molecule has 1 aliphatic heterocycles. The summed E-state index contributed by atoms with van der Waals surface area (Å²) in [6, 6.07) is 0.946. The van der Waals surface area contributed by atoms with Crippen LogP contribution in [0.1, 0.15) is 69.9 Å². The summed E-state index contributed by atoms with van der Waals surface area (Å²) in [5, 5.41) is 16.2. The van der Waals surface area contributed by atoms with Crippen molar-refractivity contribution in [3.63, 3.8) is 0 Å². The van der Waals surface area contributed by atoms with Gasteiger partial charge in [0.25, 0.3) is 0 Å². The molecule has 5 nitrogen and oxygen atoms in total. The van der Waals surface area contributed by atoms with Gasteiger partial charge in [-0.15, -0.1) is 0 Å². The summed E-state index contributed by atoms with van der Waals surface area (Å²) in [5.74, 6) is -1.12. The van der Waals surface area contributed by atoms with E-state index in [0.29, 0.717) is 50.3 Å². The van der Waals surface area contributed by atoms with Crippen molar-refractivity contribution in [2.45, 2.75) is 83.3 Å². The number of alkyl halides is 6. The number of nitrogens with one attached hydrogen (secondary N) is 2. The quantitative estimate of drug-likeness (QED) is 0.412. The van der Waals surface area contributed by atoms with Crippen molar-refractivity contribution >= 4 is 17.5 Å². The first-order chi connectivity index (χ1) is 17.6. The molecular formula is C27H32F6N2O3. The Hall–Kier alpha value is -2.30. The van der Waals surface area contributed by atoms with Gasteiger partial charge in [0, 0.05) is 17.4 Å². The maximum atomic E-state index is 13.6. The van der Waals surface area contributed by atoms with Crippen LogP contribution < -0.4 is 10.6 Å². The Morgan fingerprint density at radius 2 is 1.71 bits per heavy atom. The highest BCUT2D eigenvalue weighted by Crippen LogP contribution is 2.65. The normalized spacial score (nSPS) is 39.0. The molecule has 4 fully saturated rings. The molecule has 0 aromatic heterocycles. The minimum atomic E-state index is -4.93.